The zero-order chi connectivity index (χ0) is 21.5. The zero-order valence-electron chi connectivity index (χ0n) is 15.4. The molecule has 5 nitrogen and oxygen atoms in total. The fraction of sp³-hybridized carbons (Fsp3) is 0.100. The maximum atomic E-state index is 14.0. The molecule has 0 saturated heterocycles. The van der Waals surface area contributed by atoms with E-state index in [1.807, 2.05) is 0 Å². The number of alkyl halides is 3. The lowest BCUT2D eigenvalue weighted by Crippen LogP contribution is -2.08. The van der Waals surface area contributed by atoms with Crippen molar-refractivity contribution in [3.05, 3.63) is 72.2 Å². The molecule has 0 saturated carbocycles. The molecule has 0 amide bonds. The summed E-state index contributed by atoms with van der Waals surface area (Å²) in [5.41, 5.74) is 0.991. The van der Waals surface area contributed by atoms with Gasteiger partial charge in [-0.1, -0.05) is 18.2 Å². The van der Waals surface area contributed by atoms with Crippen LogP contribution in [0.25, 0.3) is 28.2 Å². The van der Waals surface area contributed by atoms with Gasteiger partial charge in [-0.25, -0.2) is 18.1 Å². The van der Waals surface area contributed by atoms with Gasteiger partial charge in [-0.3, -0.25) is 4.18 Å². The number of imidazole rings is 1. The minimum Gasteiger partial charge on any atom is -0.290 e. The zero-order valence-corrected chi connectivity index (χ0v) is 16.2. The third kappa shape index (κ3) is 3.71. The van der Waals surface area contributed by atoms with Gasteiger partial charge in [0.2, 0.25) is 0 Å². The Morgan fingerprint density at radius 3 is 2.33 bits per heavy atom. The molecule has 0 radical (unpaired) electrons. The van der Waals surface area contributed by atoms with E-state index in [1.54, 1.807) is 42.6 Å². The maximum Gasteiger partial charge on any atom is 0.419 e. The Morgan fingerprint density at radius 2 is 1.70 bits per heavy atom. The minimum atomic E-state index is -4.77. The van der Waals surface area contributed by atoms with Crippen molar-refractivity contribution in [1.29, 1.82) is 0 Å². The molecule has 10 heteroatoms. The number of hydrogen-bond donors (Lipinski definition) is 0. The molecule has 0 bridgehead atoms. The standard InChI is InChI=1S/C20H13F4N3O2S/c1-29-30(28)14-5-2-12(3-6-14)18-11-25-19-9-8-17(26-27(18)19)13-4-7-15(16(21)10-13)20(22,23)24/h2-11H,1H3. The highest BCUT2D eigenvalue weighted by Gasteiger charge is 2.34. The Morgan fingerprint density at radius 1 is 1.00 bits per heavy atom. The SMILES string of the molecule is COS(=O)c1ccc(-c2cnc3ccc(-c4ccc(C(F)(F)F)c(F)c4)nn23)cc1. The average Bonchev–Trinajstić information content (AvgIpc) is 3.15. The number of rotatable bonds is 4. The Bertz CT molecular complexity index is 1250. The quantitative estimate of drug-likeness (QED) is 0.429. The molecule has 2 aromatic heterocycles. The minimum absolute atomic E-state index is 0.202. The van der Waals surface area contributed by atoms with Crippen molar-refractivity contribution in [1.82, 2.24) is 14.6 Å². The number of halogens is 4. The van der Waals surface area contributed by atoms with Crippen LogP contribution in [0.15, 0.2) is 65.7 Å². The second kappa shape index (κ2) is 7.62. The fourth-order valence-electron chi connectivity index (χ4n) is 2.96. The van der Waals surface area contributed by atoms with Crippen LogP contribution in [0.3, 0.4) is 0 Å². The van der Waals surface area contributed by atoms with E-state index in [4.69, 9.17) is 4.18 Å². The number of fused-ring (bicyclic) bond motifs is 1. The molecule has 0 aliphatic heterocycles. The number of nitrogens with zero attached hydrogens (tertiary/aromatic N) is 3. The van der Waals surface area contributed by atoms with Crippen LogP contribution in [-0.2, 0) is 21.4 Å². The van der Waals surface area contributed by atoms with Crippen LogP contribution in [0.5, 0.6) is 0 Å². The van der Waals surface area contributed by atoms with Gasteiger partial charge >= 0.3 is 6.18 Å². The second-order valence-corrected chi connectivity index (χ2v) is 7.52. The fourth-order valence-corrected chi connectivity index (χ4v) is 3.51. The van der Waals surface area contributed by atoms with Crippen LogP contribution in [0.2, 0.25) is 0 Å². The summed E-state index contributed by atoms with van der Waals surface area (Å²) in [6, 6.07) is 12.6. The predicted molar refractivity (Wildman–Crippen MR) is 102 cm³/mol. The lowest BCUT2D eigenvalue weighted by atomic mass is 10.1. The van der Waals surface area contributed by atoms with Crippen LogP contribution >= 0.6 is 0 Å². The van der Waals surface area contributed by atoms with Gasteiger partial charge < -0.3 is 0 Å². The molecule has 0 N–H and O–H groups in total. The molecule has 0 aliphatic carbocycles. The Balaban J connectivity index is 1.75. The molecule has 0 spiro atoms. The van der Waals surface area contributed by atoms with Crippen molar-refractivity contribution >= 4 is 16.7 Å². The first kappa shape index (κ1) is 20.2. The molecule has 1 atom stereocenters. The lowest BCUT2D eigenvalue weighted by molar-refractivity contribution is -0.139. The third-order valence-electron chi connectivity index (χ3n) is 4.43. The van der Waals surface area contributed by atoms with Crippen molar-refractivity contribution < 1.29 is 26.0 Å². The highest BCUT2D eigenvalue weighted by Crippen LogP contribution is 2.33. The molecule has 2 aromatic carbocycles. The van der Waals surface area contributed by atoms with Gasteiger partial charge in [0.25, 0.3) is 0 Å². The summed E-state index contributed by atoms with van der Waals surface area (Å²) in [6.07, 6.45) is -3.18. The van der Waals surface area contributed by atoms with E-state index in [9.17, 15) is 21.8 Å². The summed E-state index contributed by atoms with van der Waals surface area (Å²) in [4.78, 5) is 4.75. The molecule has 0 fully saturated rings. The van der Waals surface area contributed by atoms with Gasteiger partial charge in [0.1, 0.15) is 5.82 Å². The van der Waals surface area contributed by atoms with E-state index in [1.165, 1.54) is 17.7 Å². The molecular formula is C20H13F4N3O2S. The normalized spacial score (nSPS) is 13.0. The number of aromatic nitrogens is 3. The van der Waals surface area contributed by atoms with Gasteiger partial charge in [-0.05, 0) is 36.4 Å². The van der Waals surface area contributed by atoms with Crippen molar-refractivity contribution in [2.24, 2.45) is 0 Å². The highest BCUT2D eigenvalue weighted by atomic mass is 32.2. The van der Waals surface area contributed by atoms with Gasteiger partial charge in [0.05, 0.1) is 35.2 Å². The second-order valence-electron chi connectivity index (χ2n) is 6.25. The third-order valence-corrected chi connectivity index (χ3v) is 5.39. The summed E-state index contributed by atoms with van der Waals surface area (Å²) >= 11 is -1.57. The molecule has 0 aliphatic rings. The summed E-state index contributed by atoms with van der Waals surface area (Å²) in [6.45, 7) is 0. The van der Waals surface area contributed by atoms with Crippen LogP contribution in [0.4, 0.5) is 17.6 Å². The largest absolute Gasteiger partial charge is 0.419 e. The Hall–Kier alpha value is -3.11. The molecular weight excluding hydrogens is 422 g/mol. The topological polar surface area (TPSA) is 56.5 Å². The molecule has 30 heavy (non-hydrogen) atoms. The molecule has 154 valence electrons. The summed E-state index contributed by atoms with van der Waals surface area (Å²) < 4.78 is 70.3. The summed E-state index contributed by atoms with van der Waals surface area (Å²) in [5.74, 6) is -1.37. The highest BCUT2D eigenvalue weighted by molar-refractivity contribution is 7.80. The van der Waals surface area contributed by atoms with E-state index in [-0.39, 0.29) is 11.3 Å². The van der Waals surface area contributed by atoms with Crippen molar-refractivity contribution in [2.75, 3.05) is 7.11 Å². The summed E-state index contributed by atoms with van der Waals surface area (Å²) in [7, 11) is 1.34. The van der Waals surface area contributed by atoms with Gasteiger partial charge in [-0.2, -0.15) is 18.3 Å². The molecule has 1 unspecified atom stereocenters. The Kier molecular flexibility index (Phi) is 5.12. The van der Waals surface area contributed by atoms with E-state index < -0.39 is 28.6 Å². The Labute approximate surface area is 170 Å². The van der Waals surface area contributed by atoms with Gasteiger partial charge in [-0.15, -0.1) is 0 Å². The molecule has 4 aromatic rings. The van der Waals surface area contributed by atoms with E-state index in [2.05, 4.69) is 10.1 Å². The van der Waals surface area contributed by atoms with Crippen molar-refractivity contribution in [3.63, 3.8) is 0 Å². The monoisotopic (exact) mass is 435 g/mol. The number of benzene rings is 2. The van der Waals surface area contributed by atoms with Crippen molar-refractivity contribution in [2.45, 2.75) is 11.1 Å². The van der Waals surface area contributed by atoms with Crippen LogP contribution < -0.4 is 0 Å². The van der Waals surface area contributed by atoms with E-state index in [0.29, 0.717) is 22.3 Å². The maximum absolute atomic E-state index is 14.0. The lowest BCUT2D eigenvalue weighted by Gasteiger charge is -2.10. The van der Waals surface area contributed by atoms with Crippen LogP contribution in [0, 0.1) is 5.82 Å². The smallest absolute Gasteiger partial charge is 0.290 e. The van der Waals surface area contributed by atoms with Crippen molar-refractivity contribution in [3.8, 4) is 22.5 Å². The first-order chi connectivity index (χ1) is 14.3. The van der Waals surface area contributed by atoms with Gasteiger partial charge in [0.15, 0.2) is 16.7 Å². The molecule has 2 heterocycles. The molecule has 4 rings (SSSR count). The van der Waals surface area contributed by atoms with E-state index >= 15 is 0 Å². The van der Waals surface area contributed by atoms with E-state index in [0.717, 1.165) is 11.6 Å². The first-order valence-corrected chi connectivity index (χ1v) is 9.64. The summed E-state index contributed by atoms with van der Waals surface area (Å²) in [5, 5.41) is 4.41. The average molecular weight is 435 g/mol. The first-order valence-electron chi connectivity index (χ1n) is 8.56. The predicted octanol–water partition coefficient (Wildman–Crippen LogP) is 4.89. The number of hydrogen-bond acceptors (Lipinski definition) is 4. The van der Waals surface area contributed by atoms with Gasteiger partial charge in [0, 0.05) is 11.1 Å². The van der Waals surface area contributed by atoms with Crippen LogP contribution in [0.1, 0.15) is 5.56 Å². The van der Waals surface area contributed by atoms with Crippen LogP contribution in [-0.4, -0.2) is 25.9 Å².